The van der Waals surface area contributed by atoms with Gasteiger partial charge in [-0.25, -0.2) is 0 Å². The van der Waals surface area contributed by atoms with E-state index in [1.807, 2.05) is 36.4 Å². The van der Waals surface area contributed by atoms with E-state index in [-0.39, 0.29) is 0 Å². The Balaban J connectivity index is 1.79. The molecule has 0 heterocycles. The SMILES string of the molecule is CCCCOCCCNCc1cc(Br)ccc1OCc1cccc(Cl)c1. The minimum absolute atomic E-state index is 0.500. The lowest BCUT2D eigenvalue weighted by Gasteiger charge is -2.13. The summed E-state index contributed by atoms with van der Waals surface area (Å²) in [7, 11) is 0. The van der Waals surface area contributed by atoms with E-state index in [2.05, 4.69) is 34.2 Å². The molecule has 0 amide bonds. The van der Waals surface area contributed by atoms with Gasteiger partial charge < -0.3 is 14.8 Å². The summed E-state index contributed by atoms with van der Waals surface area (Å²) in [5.74, 6) is 0.889. The lowest BCUT2D eigenvalue weighted by molar-refractivity contribution is 0.128. The first-order valence-electron chi connectivity index (χ1n) is 9.13. The van der Waals surface area contributed by atoms with Crippen molar-refractivity contribution in [1.82, 2.24) is 5.32 Å². The van der Waals surface area contributed by atoms with Crippen molar-refractivity contribution < 1.29 is 9.47 Å². The zero-order valence-corrected chi connectivity index (χ0v) is 17.6. The molecule has 0 aromatic heterocycles. The number of ether oxygens (including phenoxy) is 2. The number of hydrogen-bond donors (Lipinski definition) is 1. The van der Waals surface area contributed by atoms with Crippen molar-refractivity contribution in [2.24, 2.45) is 0 Å². The van der Waals surface area contributed by atoms with Gasteiger partial charge in [0.1, 0.15) is 12.4 Å². The van der Waals surface area contributed by atoms with Crippen molar-refractivity contribution in [3.05, 3.63) is 63.1 Å². The van der Waals surface area contributed by atoms with Crippen LogP contribution in [0.25, 0.3) is 0 Å². The van der Waals surface area contributed by atoms with Crippen molar-refractivity contribution in [3.8, 4) is 5.75 Å². The van der Waals surface area contributed by atoms with Gasteiger partial charge in [0.05, 0.1) is 0 Å². The van der Waals surface area contributed by atoms with Crippen LogP contribution >= 0.6 is 27.5 Å². The molecule has 0 spiro atoms. The summed E-state index contributed by atoms with van der Waals surface area (Å²) in [5.41, 5.74) is 2.19. The van der Waals surface area contributed by atoms with Crippen LogP contribution in [0.15, 0.2) is 46.9 Å². The minimum Gasteiger partial charge on any atom is -0.489 e. The second-order valence-corrected chi connectivity index (χ2v) is 7.52. The summed E-state index contributed by atoms with van der Waals surface area (Å²) in [6.07, 6.45) is 3.33. The van der Waals surface area contributed by atoms with Crippen LogP contribution in [0.3, 0.4) is 0 Å². The summed E-state index contributed by atoms with van der Waals surface area (Å²) < 4.78 is 12.6. The monoisotopic (exact) mass is 439 g/mol. The van der Waals surface area contributed by atoms with Crippen LogP contribution in [0.2, 0.25) is 5.02 Å². The van der Waals surface area contributed by atoms with Gasteiger partial charge in [-0.15, -0.1) is 0 Å². The summed E-state index contributed by atoms with van der Waals surface area (Å²) >= 11 is 9.57. The van der Waals surface area contributed by atoms with Crippen molar-refractivity contribution >= 4 is 27.5 Å². The quantitative estimate of drug-likeness (QED) is 0.412. The molecule has 2 rings (SSSR count). The topological polar surface area (TPSA) is 30.5 Å². The molecule has 0 atom stereocenters. The van der Waals surface area contributed by atoms with E-state index in [0.29, 0.717) is 6.61 Å². The molecular formula is C21H27BrClNO2. The lowest BCUT2D eigenvalue weighted by atomic mass is 10.2. The first-order valence-corrected chi connectivity index (χ1v) is 10.3. The maximum atomic E-state index is 6.03. The Kier molecular flexibility index (Phi) is 10.1. The number of hydrogen-bond acceptors (Lipinski definition) is 3. The van der Waals surface area contributed by atoms with E-state index >= 15 is 0 Å². The molecule has 0 aliphatic carbocycles. The molecule has 0 saturated carbocycles. The minimum atomic E-state index is 0.500. The van der Waals surface area contributed by atoms with Gasteiger partial charge in [0.25, 0.3) is 0 Å². The van der Waals surface area contributed by atoms with Gasteiger partial charge in [0.2, 0.25) is 0 Å². The van der Waals surface area contributed by atoms with E-state index in [0.717, 1.165) is 65.5 Å². The van der Waals surface area contributed by atoms with E-state index in [9.17, 15) is 0 Å². The third-order valence-corrected chi connectivity index (χ3v) is 4.63. The van der Waals surface area contributed by atoms with E-state index in [1.54, 1.807) is 0 Å². The fourth-order valence-corrected chi connectivity index (χ4v) is 3.11. The average Bonchev–Trinajstić information content (AvgIpc) is 2.63. The number of rotatable bonds is 12. The van der Waals surface area contributed by atoms with Crippen molar-refractivity contribution in [2.75, 3.05) is 19.8 Å². The zero-order valence-electron chi connectivity index (χ0n) is 15.3. The Morgan fingerprint density at radius 1 is 1.08 bits per heavy atom. The number of nitrogens with one attached hydrogen (secondary N) is 1. The maximum Gasteiger partial charge on any atom is 0.124 e. The second-order valence-electron chi connectivity index (χ2n) is 6.17. The van der Waals surface area contributed by atoms with Crippen molar-refractivity contribution in [2.45, 2.75) is 39.3 Å². The average molecular weight is 441 g/mol. The summed E-state index contributed by atoms with van der Waals surface area (Å²) in [4.78, 5) is 0. The molecule has 2 aromatic rings. The zero-order chi connectivity index (χ0) is 18.6. The van der Waals surface area contributed by atoms with E-state index < -0.39 is 0 Å². The molecule has 2 aromatic carbocycles. The Hall–Kier alpha value is -1.07. The molecule has 142 valence electrons. The molecule has 0 aliphatic rings. The van der Waals surface area contributed by atoms with Crippen molar-refractivity contribution in [3.63, 3.8) is 0 Å². The first kappa shape index (κ1) is 21.2. The summed E-state index contributed by atoms with van der Waals surface area (Å²) in [6, 6.07) is 13.8. The molecule has 0 saturated heterocycles. The van der Waals surface area contributed by atoms with Crippen LogP contribution in [0.4, 0.5) is 0 Å². The van der Waals surface area contributed by atoms with Gasteiger partial charge in [0.15, 0.2) is 0 Å². The normalized spacial score (nSPS) is 10.9. The smallest absolute Gasteiger partial charge is 0.124 e. The molecule has 26 heavy (non-hydrogen) atoms. The molecule has 0 bridgehead atoms. The standard InChI is InChI=1S/C21H27BrClNO2/c1-2-3-11-25-12-5-10-24-15-18-14-19(22)8-9-21(18)26-16-17-6-4-7-20(23)13-17/h4,6-9,13-14,24H,2-3,5,10-12,15-16H2,1H3. The highest BCUT2D eigenvalue weighted by atomic mass is 79.9. The second kappa shape index (κ2) is 12.3. The fraction of sp³-hybridized carbons (Fsp3) is 0.429. The molecule has 0 radical (unpaired) electrons. The molecule has 0 aliphatic heterocycles. The predicted molar refractivity (Wildman–Crippen MR) is 112 cm³/mol. The number of unbranched alkanes of at least 4 members (excludes halogenated alkanes) is 1. The molecule has 0 unspecified atom stereocenters. The summed E-state index contributed by atoms with van der Waals surface area (Å²) in [5, 5.41) is 4.19. The van der Waals surface area contributed by atoms with Gasteiger partial charge in [0, 0.05) is 34.8 Å². The first-order chi connectivity index (χ1) is 12.7. The molecule has 3 nitrogen and oxygen atoms in total. The van der Waals surface area contributed by atoms with Crippen LogP contribution in [0, 0.1) is 0 Å². The van der Waals surface area contributed by atoms with Gasteiger partial charge in [-0.05, 0) is 55.3 Å². The molecule has 0 fully saturated rings. The Bertz CT molecular complexity index is 666. The van der Waals surface area contributed by atoms with Crippen LogP contribution in [0.5, 0.6) is 5.75 Å². The third kappa shape index (κ3) is 8.09. The fourth-order valence-electron chi connectivity index (χ4n) is 2.49. The van der Waals surface area contributed by atoms with Gasteiger partial charge in [-0.3, -0.25) is 0 Å². The summed E-state index contributed by atoms with van der Waals surface area (Å²) in [6.45, 7) is 6.04. The molecule has 5 heteroatoms. The maximum absolute atomic E-state index is 6.03. The highest BCUT2D eigenvalue weighted by Crippen LogP contribution is 2.24. The Morgan fingerprint density at radius 3 is 2.73 bits per heavy atom. The highest BCUT2D eigenvalue weighted by molar-refractivity contribution is 9.10. The van der Waals surface area contributed by atoms with Gasteiger partial charge in [-0.1, -0.05) is 53.0 Å². The Labute approximate surface area is 170 Å². The molecular weight excluding hydrogens is 414 g/mol. The van der Waals surface area contributed by atoms with Crippen LogP contribution in [-0.2, 0) is 17.9 Å². The highest BCUT2D eigenvalue weighted by Gasteiger charge is 2.06. The van der Waals surface area contributed by atoms with Crippen LogP contribution in [0.1, 0.15) is 37.3 Å². The number of benzene rings is 2. The predicted octanol–water partition coefficient (Wildman–Crippen LogP) is 5.98. The lowest BCUT2D eigenvalue weighted by Crippen LogP contribution is -2.17. The van der Waals surface area contributed by atoms with Gasteiger partial charge >= 0.3 is 0 Å². The van der Waals surface area contributed by atoms with Crippen LogP contribution in [-0.4, -0.2) is 19.8 Å². The third-order valence-electron chi connectivity index (χ3n) is 3.91. The number of halogens is 2. The van der Waals surface area contributed by atoms with Crippen molar-refractivity contribution in [1.29, 1.82) is 0 Å². The van der Waals surface area contributed by atoms with E-state index in [4.69, 9.17) is 21.1 Å². The Morgan fingerprint density at radius 2 is 1.92 bits per heavy atom. The van der Waals surface area contributed by atoms with E-state index in [1.165, 1.54) is 6.42 Å². The molecule has 1 N–H and O–H groups in total. The largest absolute Gasteiger partial charge is 0.489 e. The van der Waals surface area contributed by atoms with Crippen LogP contribution < -0.4 is 10.1 Å². The van der Waals surface area contributed by atoms with Gasteiger partial charge in [-0.2, -0.15) is 0 Å².